The second kappa shape index (κ2) is 3.20. The van der Waals surface area contributed by atoms with Gasteiger partial charge in [0.05, 0.1) is 5.69 Å². The number of hydrogen-bond donors (Lipinski definition) is 1. The molecular formula is C7H7N3S2. The van der Waals surface area contributed by atoms with Crippen LogP contribution in [0.15, 0.2) is 17.0 Å². The number of aromatic nitrogens is 2. The summed E-state index contributed by atoms with van der Waals surface area (Å²) in [6, 6.07) is 0. The molecule has 0 fully saturated rings. The first-order valence-corrected chi connectivity index (χ1v) is 5.19. The van der Waals surface area contributed by atoms with E-state index in [1.807, 2.05) is 17.7 Å². The van der Waals surface area contributed by atoms with Gasteiger partial charge in [-0.2, -0.15) is 0 Å². The fourth-order valence-electron chi connectivity index (χ4n) is 0.788. The summed E-state index contributed by atoms with van der Waals surface area (Å²) in [5.41, 5.74) is 1.04. The maximum absolute atomic E-state index is 4.26. The van der Waals surface area contributed by atoms with Crippen LogP contribution in [0.3, 0.4) is 0 Å². The molecule has 5 heteroatoms. The Kier molecular flexibility index (Phi) is 2.05. The molecule has 12 heavy (non-hydrogen) atoms. The number of thiazole rings is 2. The van der Waals surface area contributed by atoms with Crippen molar-refractivity contribution in [3.05, 3.63) is 22.7 Å². The zero-order valence-corrected chi connectivity index (χ0v) is 8.08. The average molecular weight is 197 g/mol. The Labute approximate surface area is 78.1 Å². The highest BCUT2D eigenvalue weighted by molar-refractivity contribution is 7.15. The first-order valence-electron chi connectivity index (χ1n) is 3.43. The van der Waals surface area contributed by atoms with Crippen LogP contribution >= 0.6 is 22.7 Å². The lowest BCUT2D eigenvalue weighted by Crippen LogP contribution is -1.87. The Hall–Kier alpha value is -0.940. The van der Waals surface area contributed by atoms with Gasteiger partial charge in [0.25, 0.3) is 0 Å². The maximum Gasteiger partial charge on any atom is 0.189 e. The van der Waals surface area contributed by atoms with E-state index in [1.54, 1.807) is 28.9 Å². The smallest absolute Gasteiger partial charge is 0.189 e. The van der Waals surface area contributed by atoms with Gasteiger partial charge in [-0.1, -0.05) is 0 Å². The van der Waals surface area contributed by atoms with Crippen molar-refractivity contribution in [3.63, 3.8) is 0 Å². The normalized spacial score (nSPS) is 10.1. The highest BCUT2D eigenvalue weighted by Crippen LogP contribution is 2.21. The van der Waals surface area contributed by atoms with E-state index in [0.717, 1.165) is 16.0 Å². The van der Waals surface area contributed by atoms with Gasteiger partial charge in [-0.3, -0.25) is 0 Å². The standard InChI is InChI=1S/C7H7N3S2/c1-5-4-12-7(9-5)10-6-8-2-3-11-6/h2-4H,1H3,(H,8,9,10). The Morgan fingerprint density at radius 2 is 2.25 bits per heavy atom. The minimum atomic E-state index is 0.893. The van der Waals surface area contributed by atoms with Crippen LogP contribution in [0.4, 0.5) is 10.3 Å². The number of anilines is 2. The average Bonchev–Trinajstić information content (AvgIpc) is 2.63. The number of nitrogens with zero attached hydrogens (tertiary/aromatic N) is 2. The van der Waals surface area contributed by atoms with Crippen molar-refractivity contribution in [2.24, 2.45) is 0 Å². The van der Waals surface area contributed by atoms with Crippen molar-refractivity contribution in [2.45, 2.75) is 6.92 Å². The fourth-order valence-corrected chi connectivity index (χ4v) is 2.07. The molecule has 2 heterocycles. The molecule has 62 valence electrons. The van der Waals surface area contributed by atoms with Crippen LogP contribution in [0.2, 0.25) is 0 Å². The first kappa shape index (κ1) is 7.70. The van der Waals surface area contributed by atoms with Gasteiger partial charge in [0.2, 0.25) is 0 Å². The van der Waals surface area contributed by atoms with Gasteiger partial charge in [0.1, 0.15) is 0 Å². The molecule has 0 atom stereocenters. The summed E-state index contributed by atoms with van der Waals surface area (Å²) < 4.78 is 0. The number of hydrogen-bond acceptors (Lipinski definition) is 5. The third-order valence-electron chi connectivity index (χ3n) is 1.27. The van der Waals surface area contributed by atoms with Crippen molar-refractivity contribution in [1.82, 2.24) is 9.97 Å². The summed E-state index contributed by atoms with van der Waals surface area (Å²) >= 11 is 3.16. The summed E-state index contributed by atoms with van der Waals surface area (Å²) in [5, 5.41) is 8.86. The zero-order chi connectivity index (χ0) is 8.39. The van der Waals surface area contributed by atoms with E-state index in [2.05, 4.69) is 15.3 Å². The predicted molar refractivity (Wildman–Crippen MR) is 52.2 cm³/mol. The fraction of sp³-hybridized carbons (Fsp3) is 0.143. The molecule has 2 aromatic heterocycles. The lowest BCUT2D eigenvalue weighted by Gasteiger charge is -1.93. The van der Waals surface area contributed by atoms with Crippen LogP contribution < -0.4 is 5.32 Å². The van der Waals surface area contributed by atoms with Crippen LogP contribution in [0.25, 0.3) is 0 Å². The molecule has 0 aliphatic rings. The molecule has 2 rings (SSSR count). The largest absolute Gasteiger partial charge is 0.307 e. The van der Waals surface area contributed by atoms with Crippen molar-refractivity contribution in [3.8, 4) is 0 Å². The molecule has 0 aliphatic heterocycles. The van der Waals surface area contributed by atoms with Crippen LogP contribution in [-0.4, -0.2) is 9.97 Å². The van der Waals surface area contributed by atoms with Crippen molar-refractivity contribution >= 4 is 32.9 Å². The predicted octanol–water partition coefficient (Wildman–Crippen LogP) is 2.65. The molecule has 1 N–H and O–H groups in total. The molecule has 2 aromatic rings. The van der Waals surface area contributed by atoms with Crippen LogP contribution in [0.5, 0.6) is 0 Å². The molecule has 3 nitrogen and oxygen atoms in total. The van der Waals surface area contributed by atoms with E-state index >= 15 is 0 Å². The molecule has 0 bridgehead atoms. The Balaban J connectivity index is 2.14. The second-order valence-electron chi connectivity index (χ2n) is 2.26. The van der Waals surface area contributed by atoms with Gasteiger partial charge in [-0.25, -0.2) is 9.97 Å². The molecule has 0 unspecified atom stereocenters. The SMILES string of the molecule is Cc1csc(Nc2nccs2)n1. The highest BCUT2D eigenvalue weighted by atomic mass is 32.1. The highest BCUT2D eigenvalue weighted by Gasteiger charge is 1.99. The number of aryl methyl sites for hydroxylation is 1. The Morgan fingerprint density at radius 1 is 1.33 bits per heavy atom. The van der Waals surface area contributed by atoms with Crippen LogP contribution in [0.1, 0.15) is 5.69 Å². The monoisotopic (exact) mass is 197 g/mol. The Morgan fingerprint density at radius 3 is 2.83 bits per heavy atom. The number of nitrogens with one attached hydrogen (secondary N) is 1. The molecule has 0 amide bonds. The van der Waals surface area contributed by atoms with E-state index in [4.69, 9.17) is 0 Å². The summed E-state index contributed by atoms with van der Waals surface area (Å²) in [6.45, 7) is 1.98. The Bertz CT molecular complexity index is 352. The van der Waals surface area contributed by atoms with Gasteiger partial charge in [0.15, 0.2) is 10.3 Å². The van der Waals surface area contributed by atoms with Gasteiger partial charge in [-0.05, 0) is 6.92 Å². The number of rotatable bonds is 2. The van der Waals surface area contributed by atoms with Crippen LogP contribution in [-0.2, 0) is 0 Å². The molecular weight excluding hydrogens is 190 g/mol. The molecule has 0 saturated heterocycles. The van der Waals surface area contributed by atoms with Crippen LogP contribution in [0, 0.1) is 6.92 Å². The minimum Gasteiger partial charge on any atom is -0.307 e. The van der Waals surface area contributed by atoms with E-state index in [1.165, 1.54) is 0 Å². The maximum atomic E-state index is 4.26. The first-order chi connectivity index (χ1) is 5.84. The topological polar surface area (TPSA) is 37.8 Å². The molecule has 0 aliphatic carbocycles. The summed E-state index contributed by atoms with van der Waals surface area (Å²) in [6.07, 6.45) is 1.77. The van der Waals surface area contributed by atoms with Gasteiger partial charge in [-0.15, -0.1) is 22.7 Å². The van der Waals surface area contributed by atoms with Crippen molar-refractivity contribution in [2.75, 3.05) is 5.32 Å². The van der Waals surface area contributed by atoms with Crippen molar-refractivity contribution < 1.29 is 0 Å². The molecule has 0 aromatic carbocycles. The summed E-state index contributed by atoms with van der Waals surface area (Å²) in [7, 11) is 0. The van der Waals surface area contributed by atoms with Gasteiger partial charge >= 0.3 is 0 Å². The van der Waals surface area contributed by atoms with E-state index in [9.17, 15) is 0 Å². The lowest BCUT2D eigenvalue weighted by atomic mass is 10.6. The van der Waals surface area contributed by atoms with E-state index < -0.39 is 0 Å². The van der Waals surface area contributed by atoms with Gasteiger partial charge in [0, 0.05) is 17.0 Å². The molecule has 0 radical (unpaired) electrons. The third-order valence-corrected chi connectivity index (χ3v) is 2.83. The van der Waals surface area contributed by atoms with Gasteiger partial charge < -0.3 is 5.32 Å². The summed E-state index contributed by atoms with van der Waals surface area (Å²) in [4.78, 5) is 8.35. The lowest BCUT2D eigenvalue weighted by molar-refractivity contribution is 1.25. The zero-order valence-electron chi connectivity index (χ0n) is 6.44. The van der Waals surface area contributed by atoms with E-state index in [-0.39, 0.29) is 0 Å². The quantitative estimate of drug-likeness (QED) is 0.804. The second-order valence-corrected chi connectivity index (χ2v) is 4.01. The molecule has 0 saturated carbocycles. The minimum absolute atomic E-state index is 0.893. The third kappa shape index (κ3) is 1.62. The van der Waals surface area contributed by atoms with E-state index in [0.29, 0.717) is 0 Å². The molecule has 0 spiro atoms. The van der Waals surface area contributed by atoms with Crippen molar-refractivity contribution in [1.29, 1.82) is 0 Å². The summed E-state index contributed by atoms with van der Waals surface area (Å²) in [5.74, 6) is 0.